The molecule has 0 spiro atoms. The van der Waals surface area contributed by atoms with Crippen LogP contribution in [0.2, 0.25) is 0 Å². The molecule has 0 aliphatic carbocycles. The monoisotopic (exact) mass is 284 g/mol. The van der Waals surface area contributed by atoms with E-state index in [1.54, 1.807) is 0 Å². The first-order valence-corrected chi connectivity index (χ1v) is 6.40. The van der Waals surface area contributed by atoms with E-state index in [0.717, 1.165) is 31.7 Å². The molecule has 2 N–H and O–H groups in total. The Morgan fingerprint density at radius 3 is 2.42 bits per heavy atom. The Bertz CT molecular complexity index is 400. The van der Waals surface area contributed by atoms with Gasteiger partial charge in [-0.05, 0) is 19.1 Å². The number of likely N-dealkylation sites (tertiary alicyclic amines) is 1. The molecule has 4 nitrogen and oxygen atoms in total. The quantitative estimate of drug-likeness (QED) is 0.920. The summed E-state index contributed by atoms with van der Waals surface area (Å²) in [5.74, 6) is 0.938. The van der Waals surface area contributed by atoms with E-state index in [1.165, 1.54) is 5.56 Å². The smallest absolute Gasteiger partial charge is 0.236 e. The number of benzene rings is 1. The van der Waals surface area contributed by atoms with Crippen molar-refractivity contribution in [1.82, 2.24) is 4.90 Å². The van der Waals surface area contributed by atoms with Gasteiger partial charge in [-0.25, -0.2) is 0 Å². The van der Waals surface area contributed by atoms with Crippen LogP contribution in [-0.2, 0) is 4.79 Å². The molecule has 106 valence electrons. The van der Waals surface area contributed by atoms with Gasteiger partial charge >= 0.3 is 0 Å². The van der Waals surface area contributed by atoms with E-state index in [4.69, 9.17) is 10.5 Å². The van der Waals surface area contributed by atoms with E-state index in [0.29, 0.717) is 0 Å². The van der Waals surface area contributed by atoms with Crippen LogP contribution in [-0.4, -0.2) is 36.5 Å². The van der Waals surface area contributed by atoms with Crippen LogP contribution < -0.4 is 10.5 Å². The predicted octanol–water partition coefficient (Wildman–Crippen LogP) is 1.75. The molecule has 0 radical (unpaired) electrons. The summed E-state index contributed by atoms with van der Waals surface area (Å²) in [6, 6.07) is 8.07. The molecule has 1 aliphatic heterocycles. The molecule has 2 rings (SSSR count). The predicted molar refractivity (Wildman–Crippen MR) is 77.7 cm³/mol. The number of hydrogen-bond donors (Lipinski definition) is 1. The van der Waals surface area contributed by atoms with Crippen molar-refractivity contribution in [3.05, 3.63) is 29.8 Å². The van der Waals surface area contributed by atoms with Gasteiger partial charge in [0.05, 0.1) is 6.54 Å². The zero-order valence-electron chi connectivity index (χ0n) is 11.2. The van der Waals surface area contributed by atoms with Crippen molar-refractivity contribution in [1.29, 1.82) is 0 Å². The van der Waals surface area contributed by atoms with Gasteiger partial charge in [0.2, 0.25) is 5.91 Å². The number of carbonyl (C=O) groups excluding carboxylic acids is 1. The van der Waals surface area contributed by atoms with Crippen molar-refractivity contribution < 1.29 is 9.53 Å². The van der Waals surface area contributed by atoms with E-state index >= 15 is 0 Å². The molecule has 0 bridgehead atoms. The fourth-order valence-corrected chi connectivity index (χ4v) is 2.16. The minimum atomic E-state index is 0. The molecule has 1 fully saturated rings. The molecule has 1 amide bonds. The molecule has 0 unspecified atom stereocenters. The van der Waals surface area contributed by atoms with Gasteiger partial charge in [0.15, 0.2) is 0 Å². The molecule has 1 heterocycles. The molecule has 0 saturated carbocycles. The normalized spacial score (nSPS) is 15.8. The van der Waals surface area contributed by atoms with Crippen molar-refractivity contribution in [2.24, 2.45) is 5.73 Å². The number of aryl methyl sites for hydroxylation is 1. The minimum absolute atomic E-state index is 0. The molecule has 5 heteroatoms. The highest BCUT2D eigenvalue weighted by molar-refractivity contribution is 5.85. The maximum atomic E-state index is 11.4. The lowest BCUT2D eigenvalue weighted by Crippen LogP contribution is -2.44. The summed E-state index contributed by atoms with van der Waals surface area (Å²) in [6.07, 6.45) is 1.95. The number of nitrogens with zero attached hydrogens (tertiary/aromatic N) is 1. The molecule has 1 saturated heterocycles. The molecule has 0 aromatic heterocycles. The molecular formula is C14H21ClN2O2. The van der Waals surface area contributed by atoms with Gasteiger partial charge in [0.25, 0.3) is 0 Å². The second-order valence-electron chi connectivity index (χ2n) is 4.72. The summed E-state index contributed by atoms with van der Waals surface area (Å²) in [5, 5.41) is 0. The van der Waals surface area contributed by atoms with Gasteiger partial charge in [-0.1, -0.05) is 17.7 Å². The first-order chi connectivity index (χ1) is 8.69. The van der Waals surface area contributed by atoms with E-state index in [1.807, 2.05) is 29.2 Å². The van der Waals surface area contributed by atoms with Crippen LogP contribution in [0.5, 0.6) is 5.75 Å². The lowest BCUT2D eigenvalue weighted by molar-refractivity contribution is -0.131. The Morgan fingerprint density at radius 2 is 1.89 bits per heavy atom. The fourth-order valence-electron chi connectivity index (χ4n) is 2.16. The lowest BCUT2D eigenvalue weighted by atomic mass is 10.1. The molecule has 1 aromatic rings. The average Bonchev–Trinajstić information content (AvgIpc) is 2.41. The fraction of sp³-hybridized carbons (Fsp3) is 0.500. The van der Waals surface area contributed by atoms with E-state index < -0.39 is 0 Å². The number of carbonyl (C=O) groups is 1. The van der Waals surface area contributed by atoms with Gasteiger partial charge in [0.1, 0.15) is 11.9 Å². The van der Waals surface area contributed by atoms with Gasteiger partial charge in [0, 0.05) is 25.9 Å². The van der Waals surface area contributed by atoms with E-state index in [2.05, 4.69) is 6.92 Å². The maximum absolute atomic E-state index is 11.4. The van der Waals surface area contributed by atoms with Crippen molar-refractivity contribution in [3.8, 4) is 5.75 Å². The van der Waals surface area contributed by atoms with Crippen LogP contribution >= 0.6 is 12.4 Å². The number of piperidine rings is 1. The van der Waals surface area contributed by atoms with Crippen molar-refractivity contribution >= 4 is 18.3 Å². The lowest BCUT2D eigenvalue weighted by Gasteiger charge is -2.32. The van der Waals surface area contributed by atoms with E-state index in [-0.39, 0.29) is 31.0 Å². The molecular weight excluding hydrogens is 264 g/mol. The summed E-state index contributed by atoms with van der Waals surface area (Å²) in [4.78, 5) is 13.2. The second-order valence-corrected chi connectivity index (χ2v) is 4.72. The van der Waals surface area contributed by atoms with Gasteiger partial charge < -0.3 is 15.4 Å². The molecule has 1 aromatic carbocycles. The van der Waals surface area contributed by atoms with E-state index in [9.17, 15) is 4.79 Å². The third-order valence-electron chi connectivity index (χ3n) is 3.29. The highest BCUT2D eigenvalue weighted by atomic mass is 35.5. The Morgan fingerprint density at radius 1 is 1.32 bits per heavy atom. The SMILES string of the molecule is Cc1ccc(OC2CCN(C(=O)CN)CC2)cc1.Cl. The minimum Gasteiger partial charge on any atom is -0.490 e. The highest BCUT2D eigenvalue weighted by Crippen LogP contribution is 2.19. The van der Waals surface area contributed by atoms with Crippen molar-refractivity contribution in [2.75, 3.05) is 19.6 Å². The zero-order valence-corrected chi connectivity index (χ0v) is 12.0. The third-order valence-corrected chi connectivity index (χ3v) is 3.29. The standard InChI is InChI=1S/C14H20N2O2.ClH/c1-11-2-4-12(5-3-11)18-13-6-8-16(9-7-13)14(17)10-15;/h2-5,13H,6-10,15H2,1H3;1H. The Labute approximate surface area is 120 Å². The number of nitrogens with two attached hydrogens (primary N) is 1. The van der Waals surface area contributed by atoms with Crippen LogP contribution in [0.3, 0.4) is 0 Å². The number of rotatable bonds is 3. The summed E-state index contributed by atoms with van der Waals surface area (Å²) >= 11 is 0. The summed E-state index contributed by atoms with van der Waals surface area (Å²) < 4.78 is 5.90. The zero-order chi connectivity index (χ0) is 13.0. The van der Waals surface area contributed by atoms with Gasteiger partial charge in [-0.15, -0.1) is 12.4 Å². The number of amides is 1. The van der Waals surface area contributed by atoms with Crippen molar-refractivity contribution in [2.45, 2.75) is 25.9 Å². The van der Waals surface area contributed by atoms with Crippen molar-refractivity contribution in [3.63, 3.8) is 0 Å². The summed E-state index contributed by atoms with van der Waals surface area (Å²) in [6.45, 7) is 3.64. The van der Waals surface area contributed by atoms with Gasteiger partial charge in [-0.3, -0.25) is 4.79 Å². The summed E-state index contributed by atoms with van der Waals surface area (Å²) in [5.41, 5.74) is 6.58. The highest BCUT2D eigenvalue weighted by Gasteiger charge is 2.22. The molecule has 0 atom stereocenters. The molecule has 19 heavy (non-hydrogen) atoms. The second kappa shape index (κ2) is 7.36. The summed E-state index contributed by atoms with van der Waals surface area (Å²) in [7, 11) is 0. The maximum Gasteiger partial charge on any atom is 0.236 e. The Kier molecular flexibility index (Phi) is 6.12. The molecule has 1 aliphatic rings. The van der Waals surface area contributed by atoms with Gasteiger partial charge in [-0.2, -0.15) is 0 Å². The number of halogens is 1. The Hall–Kier alpha value is -1.26. The topological polar surface area (TPSA) is 55.6 Å². The number of hydrogen-bond acceptors (Lipinski definition) is 3. The third kappa shape index (κ3) is 4.40. The van der Waals surface area contributed by atoms with Crippen LogP contribution in [0.1, 0.15) is 18.4 Å². The van der Waals surface area contributed by atoms with Crippen LogP contribution in [0.4, 0.5) is 0 Å². The van der Waals surface area contributed by atoms with Crippen LogP contribution in [0.15, 0.2) is 24.3 Å². The first-order valence-electron chi connectivity index (χ1n) is 6.40. The first kappa shape index (κ1) is 15.8. The largest absolute Gasteiger partial charge is 0.490 e. The Balaban J connectivity index is 0.00000180. The van der Waals surface area contributed by atoms with Crippen LogP contribution in [0.25, 0.3) is 0 Å². The average molecular weight is 285 g/mol. The van der Waals surface area contributed by atoms with Crippen LogP contribution in [0, 0.1) is 6.92 Å². The number of ether oxygens (including phenoxy) is 1.